The Morgan fingerprint density at radius 3 is 1.80 bits per heavy atom. The first-order valence-corrected chi connectivity index (χ1v) is 18.1. The minimum absolute atomic E-state index is 0.973. The Morgan fingerprint density at radius 1 is 0.353 bits per heavy atom. The molecular formula is C47H29N3S. The highest BCUT2D eigenvalue weighted by atomic mass is 32.1. The maximum atomic E-state index is 4.83. The van der Waals surface area contributed by atoms with E-state index in [2.05, 4.69) is 173 Å². The molecule has 0 N–H and O–H groups in total. The van der Waals surface area contributed by atoms with Gasteiger partial charge in [0.25, 0.3) is 0 Å². The first kappa shape index (κ1) is 28.4. The molecule has 0 atom stereocenters. The van der Waals surface area contributed by atoms with E-state index in [0.717, 1.165) is 27.9 Å². The van der Waals surface area contributed by atoms with Crippen LogP contribution in [0.3, 0.4) is 0 Å². The lowest BCUT2D eigenvalue weighted by atomic mass is 9.97. The van der Waals surface area contributed by atoms with Crippen LogP contribution in [-0.4, -0.2) is 14.1 Å². The lowest BCUT2D eigenvalue weighted by molar-refractivity contribution is 1.13. The number of pyridine rings is 1. The van der Waals surface area contributed by atoms with Crippen molar-refractivity contribution in [2.75, 3.05) is 0 Å². The Kier molecular flexibility index (Phi) is 6.12. The van der Waals surface area contributed by atoms with E-state index in [1.807, 2.05) is 23.6 Å². The molecule has 0 aliphatic carbocycles. The molecule has 11 aromatic rings. The number of hydrogen-bond acceptors (Lipinski definition) is 2. The predicted octanol–water partition coefficient (Wildman–Crippen LogP) is 13.0. The largest absolute Gasteiger partial charge is 0.309 e. The average Bonchev–Trinajstić information content (AvgIpc) is 3.85. The standard InChI is InChI=1S/C47H29N3S/c1-5-19-43-36(14-1)39-17-9-25-48-47(39)50(43)35-22-23-44-40(29-35)37-15-2-4-18-42(37)49(44)34-13-8-12-32(27-34)30-10-7-11-31(26-30)33-21-24-46-41(28-33)38-16-3-6-20-45(38)51-46/h1-29H. The highest BCUT2D eigenvalue weighted by molar-refractivity contribution is 7.25. The van der Waals surface area contributed by atoms with E-state index in [0.29, 0.717) is 0 Å². The maximum Gasteiger partial charge on any atom is 0.145 e. The molecule has 0 bridgehead atoms. The van der Waals surface area contributed by atoms with Gasteiger partial charge in [-0.05, 0) is 101 Å². The highest BCUT2D eigenvalue weighted by Crippen LogP contribution is 2.39. The zero-order valence-electron chi connectivity index (χ0n) is 27.5. The van der Waals surface area contributed by atoms with E-state index in [1.54, 1.807) is 0 Å². The molecule has 11 rings (SSSR count). The van der Waals surface area contributed by atoms with Crippen LogP contribution in [0.2, 0.25) is 0 Å². The fourth-order valence-corrected chi connectivity index (χ4v) is 9.13. The predicted molar refractivity (Wildman–Crippen MR) is 217 cm³/mol. The van der Waals surface area contributed by atoms with Gasteiger partial charge in [0.2, 0.25) is 0 Å². The van der Waals surface area contributed by atoms with Crippen molar-refractivity contribution in [3.8, 4) is 33.6 Å². The summed E-state index contributed by atoms with van der Waals surface area (Å²) in [5, 5.41) is 7.47. The fraction of sp³-hybridized carbons (Fsp3) is 0. The van der Waals surface area contributed by atoms with E-state index in [-0.39, 0.29) is 0 Å². The number of rotatable bonds is 4. The second-order valence-corrected chi connectivity index (χ2v) is 14.3. The van der Waals surface area contributed by atoms with Crippen LogP contribution in [0.15, 0.2) is 176 Å². The molecule has 4 heterocycles. The van der Waals surface area contributed by atoms with E-state index in [4.69, 9.17) is 4.98 Å². The molecule has 0 radical (unpaired) electrons. The van der Waals surface area contributed by atoms with Gasteiger partial charge in [-0.25, -0.2) is 4.98 Å². The Bertz CT molecular complexity index is 3100. The summed E-state index contributed by atoms with van der Waals surface area (Å²) >= 11 is 1.86. The molecule has 0 fully saturated rings. The fourth-order valence-electron chi connectivity index (χ4n) is 8.04. The maximum absolute atomic E-state index is 4.83. The van der Waals surface area contributed by atoms with Crippen molar-refractivity contribution in [3.63, 3.8) is 0 Å². The van der Waals surface area contributed by atoms with Crippen LogP contribution < -0.4 is 0 Å². The lowest BCUT2D eigenvalue weighted by Gasteiger charge is -2.12. The monoisotopic (exact) mass is 667 g/mol. The molecule has 0 spiro atoms. The second-order valence-electron chi connectivity index (χ2n) is 13.2. The van der Waals surface area contributed by atoms with Crippen LogP contribution in [0.5, 0.6) is 0 Å². The average molecular weight is 668 g/mol. The van der Waals surface area contributed by atoms with E-state index < -0.39 is 0 Å². The van der Waals surface area contributed by atoms with E-state index in [9.17, 15) is 0 Å². The van der Waals surface area contributed by atoms with Gasteiger partial charge in [-0.15, -0.1) is 11.3 Å². The van der Waals surface area contributed by atoms with Crippen LogP contribution in [0, 0.1) is 0 Å². The first-order valence-electron chi connectivity index (χ1n) is 17.3. The van der Waals surface area contributed by atoms with Gasteiger partial charge in [0.1, 0.15) is 5.65 Å². The number of benzene rings is 7. The zero-order chi connectivity index (χ0) is 33.5. The summed E-state index contributed by atoms with van der Waals surface area (Å²) in [6.45, 7) is 0. The third-order valence-corrected chi connectivity index (χ3v) is 11.5. The Balaban J connectivity index is 1.04. The van der Waals surface area contributed by atoms with Gasteiger partial charge in [0, 0.05) is 59.3 Å². The van der Waals surface area contributed by atoms with Crippen LogP contribution in [0.25, 0.3) is 97.5 Å². The summed E-state index contributed by atoms with van der Waals surface area (Å²) in [7, 11) is 0. The minimum atomic E-state index is 0.973. The van der Waals surface area contributed by atoms with Crippen LogP contribution >= 0.6 is 11.3 Å². The van der Waals surface area contributed by atoms with E-state index >= 15 is 0 Å². The molecular weight excluding hydrogens is 639 g/mol. The summed E-state index contributed by atoms with van der Waals surface area (Å²) in [4.78, 5) is 4.83. The first-order chi connectivity index (χ1) is 25.3. The van der Waals surface area contributed by atoms with Crippen molar-refractivity contribution in [1.82, 2.24) is 14.1 Å². The van der Waals surface area contributed by atoms with Gasteiger partial charge in [-0.1, -0.05) is 91.0 Å². The molecule has 0 aliphatic heterocycles. The van der Waals surface area contributed by atoms with Gasteiger partial charge in [-0.3, -0.25) is 4.57 Å². The van der Waals surface area contributed by atoms with E-state index in [1.165, 1.54) is 69.6 Å². The number of fused-ring (bicyclic) bond motifs is 9. The highest BCUT2D eigenvalue weighted by Gasteiger charge is 2.17. The molecule has 238 valence electrons. The third-order valence-electron chi connectivity index (χ3n) is 10.4. The Morgan fingerprint density at radius 2 is 0.961 bits per heavy atom. The summed E-state index contributed by atoms with van der Waals surface area (Å²) < 4.78 is 7.36. The van der Waals surface area contributed by atoms with Crippen molar-refractivity contribution in [1.29, 1.82) is 0 Å². The Labute approximate surface area is 297 Å². The van der Waals surface area contributed by atoms with Gasteiger partial charge in [0.05, 0.1) is 16.6 Å². The minimum Gasteiger partial charge on any atom is -0.309 e. The molecule has 0 aliphatic rings. The smallest absolute Gasteiger partial charge is 0.145 e. The molecule has 0 saturated heterocycles. The van der Waals surface area contributed by atoms with Crippen LogP contribution in [-0.2, 0) is 0 Å². The Hall–Kier alpha value is -6.49. The molecule has 4 aromatic heterocycles. The number of thiophene rings is 1. The van der Waals surface area contributed by atoms with Crippen molar-refractivity contribution in [2.45, 2.75) is 0 Å². The van der Waals surface area contributed by atoms with Gasteiger partial charge >= 0.3 is 0 Å². The third kappa shape index (κ3) is 4.33. The molecule has 0 amide bonds. The number of para-hydroxylation sites is 2. The molecule has 4 heteroatoms. The number of nitrogens with zero attached hydrogens (tertiary/aromatic N) is 3. The normalized spacial score (nSPS) is 11.9. The zero-order valence-corrected chi connectivity index (χ0v) is 28.3. The molecule has 3 nitrogen and oxygen atoms in total. The summed E-state index contributed by atoms with van der Waals surface area (Å²) in [5.41, 5.74) is 11.6. The summed E-state index contributed by atoms with van der Waals surface area (Å²) in [6, 6.07) is 61.8. The summed E-state index contributed by atoms with van der Waals surface area (Å²) in [5.74, 6) is 0. The topological polar surface area (TPSA) is 22.8 Å². The van der Waals surface area contributed by atoms with Crippen LogP contribution in [0.1, 0.15) is 0 Å². The van der Waals surface area contributed by atoms with Gasteiger partial charge in [0.15, 0.2) is 0 Å². The second kappa shape index (κ2) is 11.0. The summed E-state index contributed by atoms with van der Waals surface area (Å²) in [6.07, 6.45) is 1.88. The van der Waals surface area contributed by atoms with Crippen molar-refractivity contribution >= 4 is 75.3 Å². The van der Waals surface area contributed by atoms with Crippen molar-refractivity contribution in [3.05, 3.63) is 176 Å². The van der Waals surface area contributed by atoms with Crippen molar-refractivity contribution < 1.29 is 0 Å². The SMILES string of the molecule is c1cc(-c2cccc(-n3c4ccccc4c4cc(-n5c6ccccc6c6cccnc65)ccc43)c2)cc(-c2ccc3sc4ccccc4c3c2)c1. The van der Waals surface area contributed by atoms with Gasteiger partial charge in [-0.2, -0.15) is 0 Å². The molecule has 0 saturated carbocycles. The number of hydrogen-bond donors (Lipinski definition) is 0. The number of aromatic nitrogens is 3. The lowest BCUT2D eigenvalue weighted by Crippen LogP contribution is -1.97. The quantitative estimate of drug-likeness (QED) is 0.183. The molecule has 51 heavy (non-hydrogen) atoms. The molecule has 7 aromatic carbocycles. The van der Waals surface area contributed by atoms with Crippen LogP contribution in [0.4, 0.5) is 0 Å². The van der Waals surface area contributed by atoms with Crippen molar-refractivity contribution in [2.24, 2.45) is 0 Å². The molecule has 0 unspecified atom stereocenters. The van der Waals surface area contributed by atoms with Gasteiger partial charge < -0.3 is 4.57 Å².